The molecule has 2 aliphatic heterocycles. The van der Waals surface area contributed by atoms with Crippen LogP contribution in [0.5, 0.6) is 0 Å². The van der Waals surface area contributed by atoms with Gasteiger partial charge < -0.3 is 37.2 Å². The van der Waals surface area contributed by atoms with Gasteiger partial charge in [-0.1, -0.05) is 45.0 Å². The molecule has 3 heterocycles. The van der Waals surface area contributed by atoms with Gasteiger partial charge in [-0.15, -0.1) is 11.3 Å². The lowest BCUT2D eigenvalue weighted by atomic mass is 9.85. The molecule has 50 heavy (non-hydrogen) atoms. The van der Waals surface area contributed by atoms with E-state index in [0.29, 0.717) is 18.4 Å². The van der Waals surface area contributed by atoms with Gasteiger partial charge in [0, 0.05) is 6.54 Å². The number of thioether (sulfide) groups is 1. The van der Waals surface area contributed by atoms with Crippen molar-refractivity contribution < 1.29 is 33.6 Å². The quantitative estimate of drug-likeness (QED) is 0.253. The van der Waals surface area contributed by atoms with Gasteiger partial charge in [0.15, 0.2) is 0 Å². The molecule has 2 aromatic rings. The Bertz CT molecular complexity index is 1610. The molecule has 15 nitrogen and oxygen atoms in total. The third kappa shape index (κ3) is 10.0. The number of nitrogens with one attached hydrogen (secondary N) is 5. The number of nitrogens with zero attached hydrogens (tertiary/aromatic N) is 2. The van der Waals surface area contributed by atoms with Crippen molar-refractivity contribution in [2.24, 2.45) is 11.1 Å². The average molecular weight is 729 g/mol. The molecule has 0 radical (unpaired) electrons. The molecule has 1 aromatic heterocycles. The molecule has 0 saturated carbocycles. The van der Waals surface area contributed by atoms with Crippen LogP contribution in [0.4, 0.5) is 0 Å². The van der Waals surface area contributed by atoms with Crippen molar-refractivity contribution in [3.05, 3.63) is 41.0 Å². The van der Waals surface area contributed by atoms with Crippen LogP contribution in [0.25, 0.3) is 10.4 Å². The molecule has 0 spiro atoms. The van der Waals surface area contributed by atoms with Crippen LogP contribution in [0.15, 0.2) is 29.8 Å². The number of fused-ring (bicyclic) bond motifs is 1. The van der Waals surface area contributed by atoms with E-state index in [1.54, 1.807) is 17.6 Å². The minimum absolute atomic E-state index is 0.0304. The maximum absolute atomic E-state index is 14.0. The summed E-state index contributed by atoms with van der Waals surface area (Å²) in [6.07, 6.45) is 1.02. The first kappa shape index (κ1) is 38.3. The van der Waals surface area contributed by atoms with Crippen molar-refractivity contribution in [3.8, 4) is 10.4 Å². The average Bonchev–Trinajstić information content (AvgIpc) is 3.73. The summed E-state index contributed by atoms with van der Waals surface area (Å²) >= 11 is 2.67. The maximum Gasteiger partial charge on any atom is 0.247 e. The van der Waals surface area contributed by atoms with E-state index in [-0.39, 0.29) is 24.5 Å². The minimum Gasteiger partial charge on any atom is -0.368 e. The Kier molecular flexibility index (Phi) is 13.0. The number of nitrogens with two attached hydrogens (primary N) is 1. The van der Waals surface area contributed by atoms with Crippen LogP contribution in [0.2, 0.25) is 0 Å². The molecule has 2 saturated heterocycles. The third-order valence-corrected chi connectivity index (χ3v) is 10.4. The Balaban J connectivity index is 1.62. The highest BCUT2D eigenvalue weighted by Gasteiger charge is 2.42. The number of hydrogen-bond donors (Lipinski definition) is 6. The lowest BCUT2D eigenvalue weighted by Crippen LogP contribution is -2.58. The van der Waals surface area contributed by atoms with Crippen LogP contribution in [-0.4, -0.2) is 100 Å². The monoisotopic (exact) mass is 728 g/mol. The molecule has 7 amide bonds. The molecular weight excluding hydrogens is 685 g/mol. The molecule has 0 aliphatic carbocycles. The summed E-state index contributed by atoms with van der Waals surface area (Å²) in [5, 5.41) is 13.0. The molecule has 270 valence electrons. The molecule has 2 fully saturated rings. The Hall–Kier alpha value is -4.51. The standard InChI is InChI=1S/C33H44N8O7S2/c1-18-27(50-17-37-18)20-9-7-19(8-10-20)26-31(47)36-14-23(42)35-15-24(43)38-21(29(34)45)11-13-49-16-25(44)39-28(33(2,3)4)32(48)41-12-5-6-22(41)30(46)40-26/h7-10,17,21-22,26,28H,5-6,11-16H2,1-4H3,(H2,34,45)(H,35,42)(H,36,47)(H,38,43)(H,39,44)(H,40,46). The second-order valence-corrected chi connectivity index (χ2v) is 15.2. The first-order valence-corrected chi connectivity index (χ1v) is 18.3. The molecule has 17 heteroatoms. The lowest BCUT2D eigenvalue weighted by Gasteiger charge is -2.35. The Labute approximate surface area is 298 Å². The fourth-order valence-electron chi connectivity index (χ4n) is 5.67. The van der Waals surface area contributed by atoms with Crippen molar-refractivity contribution in [1.82, 2.24) is 36.5 Å². The predicted octanol–water partition coefficient (Wildman–Crippen LogP) is 0.137. The molecule has 7 N–H and O–H groups in total. The van der Waals surface area contributed by atoms with E-state index in [2.05, 4.69) is 31.6 Å². The third-order valence-electron chi connectivity index (χ3n) is 8.39. The van der Waals surface area contributed by atoms with E-state index in [1.807, 2.05) is 39.8 Å². The zero-order valence-corrected chi connectivity index (χ0v) is 30.1. The van der Waals surface area contributed by atoms with Gasteiger partial charge >= 0.3 is 0 Å². The van der Waals surface area contributed by atoms with Gasteiger partial charge in [-0.05, 0) is 48.5 Å². The molecule has 2 aliphatic rings. The highest BCUT2D eigenvalue weighted by molar-refractivity contribution is 7.99. The second kappa shape index (κ2) is 16.9. The van der Waals surface area contributed by atoms with Crippen LogP contribution >= 0.6 is 23.1 Å². The normalized spacial score (nSPS) is 24.0. The number of carbonyl (C=O) groups is 7. The summed E-state index contributed by atoms with van der Waals surface area (Å²) < 4.78 is 0. The topological polar surface area (TPSA) is 222 Å². The number of benzene rings is 1. The largest absolute Gasteiger partial charge is 0.368 e. The van der Waals surface area contributed by atoms with Crippen molar-refractivity contribution in [3.63, 3.8) is 0 Å². The van der Waals surface area contributed by atoms with Gasteiger partial charge in [-0.25, -0.2) is 4.98 Å². The van der Waals surface area contributed by atoms with Crippen LogP contribution in [0.1, 0.15) is 57.3 Å². The zero-order valence-electron chi connectivity index (χ0n) is 28.5. The number of rotatable bonds is 3. The van der Waals surface area contributed by atoms with Gasteiger partial charge in [0.2, 0.25) is 41.4 Å². The highest BCUT2D eigenvalue weighted by Crippen LogP contribution is 2.30. The summed E-state index contributed by atoms with van der Waals surface area (Å²) in [6, 6.07) is 2.87. The van der Waals surface area contributed by atoms with Gasteiger partial charge in [-0.2, -0.15) is 11.8 Å². The SMILES string of the molecule is Cc1ncsc1-c1ccc(C2NC(=O)C3CCCN3C(=O)C(C(C)(C)C)NC(=O)CSCCC(C(N)=O)NC(=O)CNC(=O)CNC2=O)cc1. The second-order valence-electron chi connectivity index (χ2n) is 13.2. The van der Waals surface area contributed by atoms with Gasteiger partial charge in [-0.3, -0.25) is 33.6 Å². The van der Waals surface area contributed by atoms with Crippen LogP contribution in [0.3, 0.4) is 0 Å². The van der Waals surface area contributed by atoms with Crippen molar-refractivity contribution in [2.75, 3.05) is 31.1 Å². The minimum atomic E-state index is -1.24. The van der Waals surface area contributed by atoms with Gasteiger partial charge in [0.1, 0.15) is 24.2 Å². The summed E-state index contributed by atoms with van der Waals surface area (Å²) in [5.74, 6) is -3.96. The summed E-state index contributed by atoms with van der Waals surface area (Å²) in [4.78, 5) is 98.2. The highest BCUT2D eigenvalue weighted by atomic mass is 32.2. The molecular formula is C33H44N8O7S2. The first-order chi connectivity index (χ1) is 23.6. The van der Waals surface area contributed by atoms with Crippen molar-refractivity contribution >= 4 is 64.4 Å². The Morgan fingerprint density at radius 2 is 1.60 bits per heavy atom. The number of aryl methyl sites for hydroxylation is 1. The molecule has 4 unspecified atom stereocenters. The lowest BCUT2D eigenvalue weighted by molar-refractivity contribution is -0.144. The summed E-state index contributed by atoms with van der Waals surface area (Å²) in [6.45, 7) is 6.62. The summed E-state index contributed by atoms with van der Waals surface area (Å²) in [7, 11) is 0. The maximum atomic E-state index is 14.0. The smallest absolute Gasteiger partial charge is 0.247 e. The van der Waals surface area contributed by atoms with Crippen LogP contribution < -0.4 is 32.3 Å². The Morgan fingerprint density at radius 1 is 0.900 bits per heavy atom. The number of aromatic nitrogens is 1. The summed E-state index contributed by atoms with van der Waals surface area (Å²) in [5.41, 5.74) is 8.64. The fourth-order valence-corrected chi connectivity index (χ4v) is 7.30. The number of thiazole rings is 1. The van der Waals surface area contributed by atoms with Gasteiger partial charge in [0.25, 0.3) is 0 Å². The first-order valence-electron chi connectivity index (χ1n) is 16.3. The van der Waals surface area contributed by atoms with E-state index in [9.17, 15) is 33.6 Å². The molecule has 0 bridgehead atoms. The predicted molar refractivity (Wildman–Crippen MR) is 188 cm³/mol. The van der Waals surface area contributed by atoms with E-state index in [1.165, 1.54) is 28.0 Å². The zero-order chi connectivity index (χ0) is 36.6. The number of hydrogen-bond acceptors (Lipinski definition) is 10. The van der Waals surface area contributed by atoms with E-state index in [4.69, 9.17) is 5.73 Å². The van der Waals surface area contributed by atoms with E-state index in [0.717, 1.165) is 16.1 Å². The molecule has 4 rings (SSSR count). The van der Waals surface area contributed by atoms with Crippen molar-refractivity contribution in [2.45, 2.75) is 71.1 Å². The number of amides is 7. The Morgan fingerprint density at radius 3 is 2.24 bits per heavy atom. The molecule has 1 aromatic carbocycles. The van der Waals surface area contributed by atoms with Gasteiger partial charge in [0.05, 0.1) is 34.9 Å². The van der Waals surface area contributed by atoms with Crippen molar-refractivity contribution in [1.29, 1.82) is 0 Å². The molecule has 4 atom stereocenters. The number of carbonyl (C=O) groups excluding carboxylic acids is 7. The van der Waals surface area contributed by atoms with E-state index < -0.39 is 84.0 Å². The van der Waals surface area contributed by atoms with Crippen LogP contribution in [-0.2, 0) is 33.6 Å². The van der Waals surface area contributed by atoms with Crippen LogP contribution in [0, 0.1) is 12.3 Å². The van der Waals surface area contributed by atoms with E-state index >= 15 is 0 Å². The fraction of sp³-hybridized carbons (Fsp3) is 0.515. The number of primary amides is 1.